The minimum atomic E-state index is -1.90. The molecule has 36 heteroatoms. The first-order valence-electron chi connectivity index (χ1n) is 42.5. The number of primary amides is 1. The van der Waals surface area contributed by atoms with E-state index in [0.29, 0.717) is 51.6 Å². The number of likely N-dealkylation sites (N-methyl/N-ethyl adjacent to an activating group) is 5. The summed E-state index contributed by atoms with van der Waals surface area (Å²) < 4.78 is 0. The fourth-order valence-electron chi connectivity index (χ4n) is 16.3. The number of carbonyl (C=O) groups excluding carboxylic acids is 15. The van der Waals surface area contributed by atoms with Gasteiger partial charge in [0.15, 0.2) is 0 Å². The van der Waals surface area contributed by atoms with Gasteiger partial charge in [0.05, 0.1) is 31.8 Å². The molecule has 684 valence electrons. The number of carboxylic acids is 1. The Morgan fingerprint density at radius 3 is 1.71 bits per heavy atom. The number of fused-ring (bicyclic) bond motifs is 1. The number of phenolic OH excluding ortho intramolecular Hbond substituents is 2. The van der Waals surface area contributed by atoms with Crippen molar-refractivity contribution in [3.63, 3.8) is 0 Å². The van der Waals surface area contributed by atoms with Crippen molar-refractivity contribution in [1.82, 2.24) is 77.3 Å². The molecule has 10 rings (SSSR count). The summed E-state index contributed by atoms with van der Waals surface area (Å²) in [5, 5.41) is 55.4. The molecular weight excluding hydrogens is 1680 g/mol. The van der Waals surface area contributed by atoms with Gasteiger partial charge in [-0.25, -0.2) is 0 Å². The Hall–Kier alpha value is -13.9. The average Bonchev–Trinajstić information content (AvgIpc) is 1.56. The number of para-hydroxylation sites is 1. The number of carbonyl (C=O) groups is 16. The number of nitrogens with two attached hydrogens (primary N) is 1. The van der Waals surface area contributed by atoms with E-state index in [-0.39, 0.29) is 67.9 Å². The van der Waals surface area contributed by atoms with Gasteiger partial charge in [-0.15, -0.1) is 11.8 Å². The summed E-state index contributed by atoms with van der Waals surface area (Å²) in [5.41, 5.74) is 4.98. The molecule has 7 aromatic rings. The number of phenols is 2. The molecule has 12 atom stereocenters. The Labute approximate surface area is 750 Å². The molecule has 2 heterocycles. The number of thioether (sulfide) groups is 1. The van der Waals surface area contributed by atoms with Gasteiger partial charge in [-0.3, -0.25) is 76.7 Å². The Morgan fingerprint density at radius 1 is 0.574 bits per heavy atom. The largest absolute Gasteiger partial charge is 0.508 e. The normalized spacial score (nSPS) is 24.6. The van der Waals surface area contributed by atoms with E-state index in [9.17, 15) is 58.5 Å². The second-order valence-corrected chi connectivity index (χ2v) is 34.5. The molecule has 15 amide bonds. The van der Waals surface area contributed by atoms with E-state index in [1.54, 1.807) is 135 Å². The number of H-pyrrole nitrogens is 1. The molecule has 0 radical (unpaired) electrons. The summed E-state index contributed by atoms with van der Waals surface area (Å²) in [6.07, 6.45) is 1.93. The van der Waals surface area contributed by atoms with Crippen molar-refractivity contribution in [2.45, 2.75) is 157 Å². The third kappa shape index (κ3) is 25.5. The fraction of sp³-hybridized carbons (Fsp3) is 0.398. The standard InChI is InChI=1S/C93H112N16O19S/c1-10-22-62-46-93(62)91(128)106(6)51-78(114)99-71(45-80(116)117)82(119)97-55(4)87(124)107(7)74(42-57-25-16-12-17-26-57)86(123)104-92(47-66(92)60-33-37-64(111)38-34-60)90(127)105(5)50-77(113)98-70(44-61-48-95-67-30-21-20-29-65(61)67)85(122)102-69(40-59-31-35-63(110)36-32-59)84(121)101-68(39-54(2)3)83(120)103-73(81(118)96-49-76(94)112)52-129-53-79(115)100-72(41-56-23-14-11-15-24-56)88(125)108(8)75(89(126)109(93)9)43-58-27-18-13-19-28-58/h11-21,23-38,40,48,54-55,62,66,68,70-75,95,110-111H,10,22,39,41-47,49-53H2,1-9H3,(H2,94,112)(H,96,118)(H,97,119)(H,98,113)(H,99,114)(H,100,115)(H,101,121)(H,102,122)(H,103,120)(H,104,123)(H,116,117)/b69-40+/t55-,62?,66?,68-,70-,71-,72-,73-,74-,75-,92?,93?/m0/s1. The predicted octanol–water partition coefficient (Wildman–Crippen LogP) is 2.44. The van der Waals surface area contributed by atoms with Crippen LogP contribution >= 0.6 is 11.8 Å². The summed E-state index contributed by atoms with van der Waals surface area (Å²) in [4.78, 5) is 244. The number of hydrogen-bond donors (Lipinski definition) is 14. The molecular formula is C93H112N16O19S. The van der Waals surface area contributed by atoms with Crippen LogP contribution in [0.5, 0.6) is 11.5 Å². The highest BCUT2D eigenvalue weighted by molar-refractivity contribution is 8.00. The molecule has 129 heavy (non-hydrogen) atoms. The van der Waals surface area contributed by atoms with Crippen LogP contribution in [-0.4, -0.2) is 265 Å². The lowest BCUT2D eigenvalue weighted by Gasteiger charge is -2.38. The van der Waals surface area contributed by atoms with Gasteiger partial charge in [-0.05, 0) is 114 Å². The zero-order chi connectivity index (χ0) is 93.7. The fourth-order valence-corrected chi connectivity index (χ4v) is 17.1. The molecule has 0 bridgehead atoms. The van der Waals surface area contributed by atoms with Crippen LogP contribution in [0, 0.1) is 11.8 Å². The van der Waals surface area contributed by atoms with Gasteiger partial charge in [0.25, 0.3) is 5.91 Å². The number of nitrogens with one attached hydrogen (secondary N) is 10. The molecule has 2 spiro atoms. The van der Waals surface area contributed by atoms with E-state index in [2.05, 4.69) is 52.8 Å². The minimum Gasteiger partial charge on any atom is -0.508 e. The van der Waals surface area contributed by atoms with Gasteiger partial charge in [-0.2, -0.15) is 0 Å². The molecule has 1 saturated heterocycles. The van der Waals surface area contributed by atoms with Crippen LogP contribution < -0.4 is 53.6 Å². The first-order valence-corrected chi connectivity index (χ1v) is 43.6. The quantitative estimate of drug-likeness (QED) is 0.0517. The topological polar surface area (TPSA) is 500 Å². The molecule has 4 unspecified atom stereocenters. The van der Waals surface area contributed by atoms with Gasteiger partial charge in [0, 0.05) is 89.7 Å². The van der Waals surface area contributed by atoms with Crippen LogP contribution in [-0.2, 0) is 102 Å². The van der Waals surface area contributed by atoms with Gasteiger partial charge >= 0.3 is 5.97 Å². The first kappa shape index (κ1) is 97.3. The first-order chi connectivity index (χ1) is 61.4. The Bertz CT molecular complexity index is 5320. The van der Waals surface area contributed by atoms with Crippen molar-refractivity contribution in [2.24, 2.45) is 17.6 Å². The third-order valence-electron chi connectivity index (χ3n) is 23.3. The summed E-state index contributed by atoms with van der Waals surface area (Å²) in [5.74, 6) is -18.1. The Morgan fingerprint density at radius 2 is 1.12 bits per heavy atom. The number of aliphatic carboxylic acids is 1. The maximum Gasteiger partial charge on any atom is 0.305 e. The molecule has 1 aromatic heterocycles. The highest BCUT2D eigenvalue weighted by Crippen LogP contribution is 2.54. The highest BCUT2D eigenvalue weighted by atomic mass is 32.2. The van der Waals surface area contributed by atoms with Gasteiger partial charge in [0.2, 0.25) is 82.7 Å². The highest BCUT2D eigenvalue weighted by Gasteiger charge is 2.66. The van der Waals surface area contributed by atoms with E-state index in [4.69, 9.17) is 5.73 Å². The number of aromatic nitrogens is 1. The lowest BCUT2D eigenvalue weighted by Crippen LogP contribution is -2.61. The summed E-state index contributed by atoms with van der Waals surface area (Å²) in [7, 11) is 6.63. The van der Waals surface area contributed by atoms with E-state index in [1.165, 1.54) is 107 Å². The van der Waals surface area contributed by atoms with E-state index in [1.807, 2.05) is 6.92 Å². The number of amides is 15. The second kappa shape index (κ2) is 44.0. The molecule has 1 aliphatic heterocycles. The van der Waals surface area contributed by atoms with Crippen molar-refractivity contribution in [3.05, 3.63) is 209 Å². The number of hydrogen-bond acceptors (Lipinski definition) is 19. The third-order valence-corrected chi connectivity index (χ3v) is 24.3. The van der Waals surface area contributed by atoms with Crippen molar-refractivity contribution >= 4 is 123 Å². The Kier molecular flexibility index (Phi) is 33.2. The van der Waals surface area contributed by atoms with E-state index in [0.717, 1.165) is 26.5 Å². The van der Waals surface area contributed by atoms with Crippen molar-refractivity contribution in [1.29, 1.82) is 0 Å². The number of nitrogens with zero attached hydrogens (tertiary/aromatic N) is 5. The summed E-state index contributed by atoms with van der Waals surface area (Å²) in [6.45, 7) is 4.32. The SMILES string of the molecule is CCCC1CC12C(=O)N(C)CC(=O)N[C@@H](CC(=O)O)C(=O)N[C@@H](C)C(=O)N(C)[C@@H](Cc1ccccc1)C(=O)NC1(CC1c1ccc(O)cc1)C(=O)N(C)CC(=O)N[C@@H](Cc1c[nH]c3ccccc13)C(=O)N/C(=C/c1ccc(O)cc1)C(=O)N[C@@H](CC(C)C)C(=O)N[C@H](C(=O)NCC(N)=O)CSCC(=O)N[C@@H](Cc1ccccc1)C(=O)N(C)[C@@H](Cc1ccccc1)C(=O)N2C. The lowest BCUT2D eigenvalue weighted by atomic mass is 9.99. The zero-order valence-electron chi connectivity index (χ0n) is 73.3. The van der Waals surface area contributed by atoms with Crippen LogP contribution in [0.15, 0.2) is 176 Å². The van der Waals surface area contributed by atoms with Gasteiger partial charge in [-0.1, -0.05) is 161 Å². The predicted molar refractivity (Wildman–Crippen MR) is 478 cm³/mol. The van der Waals surface area contributed by atoms with E-state index >= 15 is 33.6 Å². The minimum absolute atomic E-state index is 0.100. The van der Waals surface area contributed by atoms with Gasteiger partial charge < -0.3 is 98.4 Å². The monoisotopic (exact) mass is 1790 g/mol. The van der Waals surface area contributed by atoms with E-state index < -0.39 is 209 Å². The molecule has 2 saturated carbocycles. The molecule has 3 aliphatic rings. The van der Waals surface area contributed by atoms with Crippen molar-refractivity contribution in [3.8, 4) is 11.5 Å². The van der Waals surface area contributed by atoms with Crippen molar-refractivity contribution < 1.29 is 92.0 Å². The zero-order valence-corrected chi connectivity index (χ0v) is 74.1. The Balaban J connectivity index is 1.03. The number of benzene rings is 6. The van der Waals surface area contributed by atoms with Crippen LogP contribution in [0.2, 0.25) is 0 Å². The number of rotatable bonds is 19. The van der Waals surface area contributed by atoms with Crippen LogP contribution in [0.25, 0.3) is 17.0 Å². The van der Waals surface area contributed by atoms with Crippen LogP contribution in [0.1, 0.15) is 106 Å². The van der Waals surface area contributed by atoms with Crippen LogP contribution in [0.4, 0.5) is 0 Å². The summed E-state index contributed by atoms with van der Waals surface area (Å²) in [6, 6.07) is 31.6. The molecule has 3 fully saturated rings. The maximum absolute atomic E-state index is 15.7. The average molecular weight is 1790 g/mol. The molecule has 6 aromatic carbocycles. The number of aromatic hydroxyl groups is 2. The number of carboxylic acid groups (broad SMARTS) is 1. The molecule has 2 aliphatic carbocycles. The van der Waals surface area contributed by atoms with Crippen LogP contribution in [0.3, 0.4) is 0 Å². The molecule has 35 nitrogen and oxygen atoms in total. The number of aromatic amines is 1. The summed E-state index contributed by atoms with van der Waals surface area (Å²) >= 11 is 0.825. The van der Waals surface area contributed by atoms with Gasteiger partial charge in [0.1, 0.15) is 76.6 Å². The lowest BCUT2D eigenvalue weighted by molar-refractivity contribution is -0.153. The van der Waals surface area contributed by atoms with Crippen molar-refractivity contribution in [2.75, 3.05) is 66.4 Å². The smallest absolute Gasteiger partial charge is 0.305 e. The second-order valence-electron chi connectivity index (χ2n) is 33.4. The molecule has 15 N–H and O–H groups in total. The maximum atomic E-state index is 15.7.